The van der Waals surface area contributed by atoms with Crippen molar-refractivity contribution in [3.63, 3.8) is 0 Å². The van der Waals surface area contributed by atoms with Gasteiger partial charge in [0.05, 0.1) is 4.88 Å². The first kappa shape index (κ1) is 12.2. The first-order chi connectivity index (χ1) is 7.17. The second-order valence-corrected chi connectivity index (χ2v) is 4.65. The van der Waals surface area contributed by atoms with Crippen molar-refractivity contribution in [1.29, 1.82) is 0 Å². The van der Waals surface area contributed by atoms with Crippen LogP contribution in [0.25, 0.3) is 0 Å². The van der Waals surface area contributed by atoms with Crippen LogP contribution in [0.5, 0.6) is 0 Å². The average molecular weight is 227 g/mol. The van der Waals surface area contributed by atoms with Gasteiger partial charge in [0.15, 0.2) is 0 Å². The van der Waals surface area contributed by atoms with E-state index in [0.717, 1.165) is 19.5 Å². The van der Waals surface area contributed by atoms with E-state index in [2.05, 4.69) is 24.3 Å². The van der Waals surface area contributed by atoms with Crippen molar-refractivity contribution >= 4 is 17.2 Å². The molecule has 0 saturated heterocycles. The van der Waals surface area contributed by atoms with Gasteiger partial charge in [-0.25, -0.2) is 5.84 Å². The molecule has 0 aliphatic carbocycles. The predicted octanol–water partition coefficient (Wildman–Crippen LogP) is 1.19. The summed E-state index contributed by atoms with van der Waals surface area (Å²) >= 11 is 1.49. The van der Waals surface area contributed by atoms with E-state index in [1.54, 1.807) is 0 Å². The summed E-state index contributed by atoms with van der Waals surface area (Å²) in [5, 5.41) is 0. The minimum Gasteiger partial charge on any atom is -0.301 e. The van der Waals surface area contributed by atoms with E-state index in [-0.39, 0.29) is 5.91 Å². The number of hydrazine groups is 1. The SMILES string of the molecule is CCCN(C)Cc1ccc(C(=O)NN)s1. The minimum absolute atomic E-state index is 0.218. The summed E-state index contributed by atoms with van der Waals surface area (Å²) in [5.41, 5.74) is 2.13. The third-order valence-electron chi connectivity index (χ3n) is 2.05. The van der Waals surface area contributed by atoms with E-state index >= 15 is 0 Å². The van der Waals surface area contributed by atoms with Crippen molar-refractivity contribution in [2.75, 3.05) is 13.6 Å². The van der Waals surface area contributed by atoms with E-state index in [1.165, 1.54) is 16.2 Å². The molecule has 0 unspecified atom stereocenters. The summed E-state index contributed by atoms with van der Waals surface area (Å²) in [7, 11) is 2.08. The van der Waals surface area contributed by atoms with E-state index in [4.69, 9.17) is 5.84 Å². The fourth-order valence-corrected chi connectivity index (χ4v) is 2.37. The van der Waals surface area contributed by atoms with Crippen LogP contribution in [-0.2, 0) is 6.54 Å². The minimum atomic E-state index is -0.218. The number of rotatable bonds is 5. The normalized spacial score (nSPS) is 10.7. The smallest absolute Gasteiger partial charge is 0.275 e. The second-order valence-electron chi connectivity index (χ2n) is 3.48. The molecule has 4 nitrogen and oxygen atoms in total. The van der Waals surface area contributed by atoms with Gasteiger partial charge >= 0.3 is 0 Å². The summed E-state index contributed by atoms with van der Waals surface area (Å²) in [6, 6.07) is 3.78. The van der Waals surface area contributed by atoms with Gasteiger partial charge in [-0.3, -0.25) is 10.2 Å². The lowest BCUT2D eigenvalue weighted by Gasteiger charge is -2.13. The average Bonchev–Trinajstić information content (AvgIpc) is 2.65. The maximum Gasteiger partial charge on any atom is 0.275 e. The van der Waals surface area contributed by atoms with E-state index in [1.807, 2.05) is 12.1 Å². The van der Waals surface area contributed by atoms with Gasteiger partial charge in [-0.1, -0.05) is 6.92 Å². The Hall–Kier alpha value is -0.910. The van der Waals surface area contributed by atoms with Gasteiger partial charge < -0.3 is 4.90 Å². The predicted molar refractivity (Wildman–Crippen MR) is 62.6 cm³/mol. The second kappa shape index (κ2) is 5.85. The monoisotopic (exact) mass is 227 g/mol. The fourth-order valence-electron chi connectivity index (χ4n) is 1.38. The van der Waals surface area contributed by atoms with E-state index < -0.39 is 0 Å². The van der Waals surface area contributed by atoms with Gasteiger partial charge in [-0.15, -0.1) is 11.3 Å². The molecule has 0 atom stereocenters. The standard InChI is InChI=1S/C10H17N3OS/c1-3-6-13(2)7-8-4-5-9(15-8)10(14)12-11/h4-5H,3,6-7,11H2,1-2H3,(H,12,14). The molecule has 15 heavy (non-hydrogen) atoms. The molecule has 3 N–H and O–H groups in total. The van der Waals surface area contributed by atoms with Gasteiger partial charge in [-0.2, -0.15) is 0 Å². The highest BCUT2D eigenvalue weighted by Crippen LogP contribution is 2.17. The highest BCUT2D eigenvalue weighted by molar-refractivity contribution is 7.14. The number of nitrogen functional groups attached to an aromatic ring is 1. The molecule has 1 heterocycles. The molecule has 1 amide bonds. The van der Waals surface area contributed by atoms with Gasteiger partial charge in [0.2, 0.25) is 0 Å². The molecule has 0 fully saturated rings. The topological polar surface area (TPSA) is 58.4 Å². The van der Waals surface area contributed by atoms with Crippen LogP contribution in [0.1, 0.15) is 27.9 Å². The molecule has 0 bridgehead atoms. The van der Waals surface area contributed by atoms with Crippen LogP contribution in [0.15, 0.2) is 12.1 Å². The molecule has 0 aromatic carbocycles. The number of nitrogens with two attached hydrogens (primary N) is 1. The molecule has 0 radical (unpaired) electrons. The van der Waals surface area contributed by atoms with Gasteiger partial charge in [-0.05, 0) is 32.1 Å². The lowest BCUT2D eigenvalue weighted by atomic mass is 10.3. The van der Waals surface area contributed by atoms with Crippen LogP contribution >= 0.6 is 11.3 Å². The van der Waals surface area contributed by atoms with E-state index in [0.29, 0.717) is 4.88 Å². The summed E-state index contributed by atoms with van der Waals surface area (Å²) < 4.78 is 0. The van der Waals surface area contributed by atoms with Crippen LogP contribution in [0.4, 0.5) is 0 Å². The zero-order valence-electron chi connectivity index (χ0n) is 9.12. The molecular formula is C10H17N3OS. The van der Waals surface area contributed by atoms with Crippen molar-refractivity contribution in [2.24, 2.45) is 5.84 Å². The third kappa shape index (κ3) is 3.62. The van der Waals surface area contributed by atoms with Crippen molar-refractivity contribution in [3.8, 4) is 0 Å². The summed E-state index contributed by atoms with van der Waals surface area (Å²) in [4.78, 5) is 15.3. The molecule has 84 valence electrons. The largest absolute Gasteiger partial charge is 0.301 e. The van der Waals surface area contributed by atoms with Crippen molar-refractivity contribution in [2.45, 2.75) is 19.9 Å². The van der Waals surface area contributed by atoms with Crippen LogP contribution < -0.4 is 11.3 Å². The highest BCUT2D eigenvalue weighted by Gasteiger charge is 2.08. The van der Waals surface area contributed by atoms with Gasteiger partial charge in [0.25, 0.3) is 5.91 Å². The van der Waals surface area contributed by atoms with Crippen molar-refractivity contribution < 1.29 is 4.79 Å². The maximum absolute atomic E-state index is 11.2. The van der Waals surface area contributed by atoms with Gasteiger partial charge in [0.1, 0.15) is 0 Å². The Morgan fingerprint density at radius 2 is 2.33 bits per heavy atom. The first-order valence-electron chi connectivity index (χ1n) is 4.95. The molecule has 5 heteroatoms. The maximum atomic E-state index is 11.2. The zero-order chi connectivity index (χ0) is 11.3. The Balaban J connectivity index is 2.56. The summed E-state index contributed by atoms with van der Waals surface area (Å²) in [5.74, 6) is 4.84. The molecule has 0 spiro atoms. The molecular weight excluding hydrogens is 210 g/mol. The van der Waals surface area contributed by atoms with Crippen LogP contribution in [-0.4, -0.2) is 24.4 Å². The Morgan fingerprint density at radius 3 is 2.93 bits per heavy atom. The molecule has 1 rings (SSSR count). The Bertz CT molecular complexity index is 324. The van der Waals surface area contributed by atoms with Gasteiger partial charge in [0, 0.05) is 11.4 Å². The quantitative estimate of drug-likeness (QED) is 0.451. The Kier molecular flexibility index (Phi) is 4.74. The number of carbonyl (C=O) groups is 1. The van der Waals surface area contributed by atoms with Crippen LogP contribution in [0.3, 0.4) is 0 Å². The van der Waals surface area contributed by atoms with Crippen LogP contribution in [0.2, 0.25) is 0 Å². The number of amides is 1. The van der Waals surface area contributed by atoms with Crippen LogP contribution in [0, 0.1) is 0 Å². The number of carbonyl (C=O) groups excluding carboxylic acids is 1. The lowest BCUT2D eigenvalue weighted by molar-refractivity contribution is 0.0957. The Morgan fingerprint density at radius 1 is 1.60 bits per heavy atom. The zero-order valence-corrected chi connectivity index (χ0v) is 9.93. The van der Waals surface area contributed by atoms with E-state index in [9.17, 15) is 4.79 Å². The fraction of sp³-hybridized carbons (Fsp3) is 0.500. The third-order valence-corrected chi connectivity index (χ3v) is 3.12. The highest BCUT2D eigenvalue weighted by atomic mass is 32.1. The molecule has 0 saturated carbocycles. The number of hydrogen-bond acceptors (Lipinski definition) is 4. The number of thiophene rings is 1. The molecule has 0 aliphatic rings. The van der Waals surface area contributed by atoms with Crippen molar-refractivity contribution in [3.05, 3.63) is 21.9 Å². The van der Waals surface area contributed by atoms with Crippen molar-refractivity contribution in [1.82, 2.24) is 10.3 Å². The number of hydrogen-bond donors (Lipinski definition) is 2. The Labute approximate surface area is 94.0 Å². The first-order valence-corrected chi connectivity index (χ1v) is 5.77. The summed E-state index contributed by atoms with van der Waals surface area (Å²) in [6.45, 7) is 4.10. The number of nitrogens with zero attached hydrogens (tertiary/aromatic N) is 1. The molecule has 1 aromatic heterocycles. The number of nitrogens with one attached hydrogen (secondary N) is 1. The summed E-state index contributed by atoms with van der Waals surface area (Å²) in [6.07, 6.45) is 1.14. The lowest BCUT2D eigenvalue weighted by Crippen LogP contribution is -2.29. The molecule has 1 aromatic rings. The molecule has 0 aliphatic heterocycles.